The second-order valence-electron chi connectivity index (χ2n) is 2.95. The molecule has 1 heterocycles. The Labute approximate surface area is 78.1 Å². The van der Waals surface area contributed by atoms with E-state index in [1.807, 2.05) is 20.0 Å². The predicted molar refractivity (Wildman–Crippen MR) is 51.5 cm³/mol. The maximum Gasteiger partial charge on any atom is 0.161 e. The van der Waals surface area contributed by atoms with Crippen molar-refractivity contribution in [2.24, 2.45) is 7.05 Å². The Hall–Kier alpha value is -1.38. The molecular formula is C10H14N2O. The standard InChI is InChI=1S/C10H14N2O/c1-4-8-6-9(12(3)11-8)7-10(13)5-2/h5-6H,2,4,7H2,1,3H3. The lowest BCUT2D eigenvalue weighted by Gasteiger charge is -1.96. The van der Waals surface area contributed by atoms with Crippen molar-refractivity contribution in [1.29, 1.82) is 0 Å². The number of nitrogens with zero attached hydrogens (tertiary/aromatic N) is 2. The molecule has 0 atom stereocenters. The summed E-state index contributed by atoms with van der Waals surface area (Å²) in [7, 11) is 1.85. The number of carbonyl (C=O) groups is 1. The van der Waals surface area contributed by atoms with Crippen LogP contribution in [0.4, 0.5) is 0 Å². The summed E-state index contributed by atoms with van der Waals surface area (Å²) >= 11 is 0. The van der Waals surface area contributed by atoms with Crippen molar-refractivity contribution in [3.8, 4) is 0 Å². The normalized spacial score (nSPS) is 10.0. The third-order valence-corrected chi connectivity index (χ3v) is 1.97. The number of aryl methyl sites for hydroxylation is 2. The van der Waals surface area contributed by atoms with E-state index in [0.29, 0.717) is 6.42 Å². The molecule has 1 rings (SSSR count). The molecule has 0 aromatic carbocycles. The summed E-state index contributed by atoms with van der Waals surface area (Å²) in [6.07, 6.45) is 2.64. The van der Waals surface area contributed by atoms with Gasteiger partial charge in [-0.3, -0.25) is 9.48 Å². The first-order valence-electron chi connectivity index (χ1n) is 4.34. The molecule has 3 nitrogen and oxygen atoms in total. The van der Waals surface area contributed by atoms with Crippen LogP contribution in [0.5, 0.6) is 0 Å². The van der Waals surface area contributed by atoms with Gasteiger partial charge in [0.1, 0.15) is 0 Å². The third-order valence-electron chi connectivity index (χ3n) is 1.97. The molecule has 0 aliphatic heterocycles. The maximum atomic E-state index is 11.1. The Morgan fingerprint density at radius 2 is 2.46 bits per heavy atom. The molecule has 0 aliphatic carbocycles. The first-order chi connectivity index (χ1) is 6.17. The minimum absolute atomic E-state index is 0.0330. The van der Waals surface area contributed by atoms with Gasteiger partial charge in [0, 0.05) is 12.7 Å². The van der Waals surface area contributed by atoms with E-state index in [-0.39, 0.29) is 5.78 Å². The van der Waals surface area contributed by atoms with Crippen LogP contribution in [0.1, 0.15) is 18.3 Å². The van der Waals surface area contributed by atoms with Crippen LogP contribution in [-0.2, 0) is 24.7 Å². The zero-order valence-electron chi connectivity index (χ0n) is 8.08. The molecule has 0 fully saturated rings. The Morgan fingerprint density at radius 1 is 1.77 bits per heavy atom. The number of hydrogen-bond donors (Lipinski definition) is 0. The molecular weight excluding hydrogens is 164 g/mol. The van der Waals surface area contributed by atoms with Crippen molar-refractivity contribution in [3.05, 3.63) is 30.1 Å². The van der Waals surface area contributed by atoms with Crippen LogP contribution in [0.2, 0.25) is 0 Å². The lowest BCUT2D eigenvalue weighted by atomic mass is 10.2. The largest absolute Gasteiger partial charge is 0.294 e. The Kier molecular flexibility index (Phi) is 3.01. The van der Waals surface area contributed by atoms with Gasteiger partial charge in [0.2, 0.25) is 0 Å². The monoisotopic (exact) mass is 178 g/mol. The van der Waals surface area contributed by atoms with Gasteiger partial charge >= 0.3 is 0 Å². The van der Waals surface area contributed by atoms with E-state index in [9.17, 15) is 4.79 Å². The van der Waals surface area contributed by atoms with Gasteiger partial charge in [-0.1, -0.05) is 13.5 Å². The smallest absolute Gasteiger partial charge is 0.161 e. The van der Waals surface area contributed by atoms with Gasteiger partial charge in [-0.2, -0.15) is 5.10 Å². The quantitative estimate of drug-likeness (QED) is 0.651. The average Bonchev–Trinajstić information content (AvgIpc) is 2.47. The van der Waals surface area contributed by atoms with Gasteiger partial charge in [0.25, 0.3) is 0 Å². The molecule has 0 amide bonds. The number of carbonyl (C=O) groups excluding carboxylic acids is 1. The zero-order chi connectivity index (χ0) is 9.84. The summed E-state index contributed by atoms with van der Waals surface area (Å²) in [5.41, 5.74) is 1.97. The Balaban J connectivity index is 2.82. The summed E-state index contributed by atoms with van der Waals surface area (Å²) in [5.74, 6) is 0.0330. The fraction of sp³-hybridized carbons (Fsp3) is 0.400. The van der Waals surface area contributed by atoms with E-state index in [1.54, 1.807) is 4.68 Å². The van der Waals surface area contributed by atoms with Gasteiger partial charge in [-0.05, 0) is 18.6 Å². The van der Waals surface area contributed by atoms with Crippen LogP contribution in [0.15, 0.2) is 18.7 Å². The fourth-order valence-electron chi connectivity index (χ4n) is 1.16. The molecule has 0 saturated heterocycles. The fourth-order valence-corrected chi connectivity index (χ4v) is 1.16. The third kappa shape index (κ3) is 2.28. The molecule has 1 aromatic rings. The summed E-state index contributed by atoms with van der Waals surface area (Å²) in [4.78, 5) is 11.1. The van der Waals surface area contributed by atoms with Gasteiger partial charge in [0.15, 0.2) is 5.78 Å². The van der Waals surface area contributed by atoms with E-state index >= 15 is 0 Å². The van der Waals surface area contributed by atoms with Crippen molar-refractivity contribution in [2.45, 2.75) is 19.8 Å². The van der Waals surface area contributed by atoms with Gasteiger partial charge < -0.3 is 0 Å². The molecule has 0 saturated carbocycles. The molecule has 0 unspecified atom stereocenters. The summed E-state index contributed by atoms with van der Waals surface area (Å²) in [6, 6.07) is 1.96. The average molecular weight is 178 g/mol. The van der Waals surface area contributed by atoms with Crippen molar-refractivity contribution < 1.29 is 4.79 Å². The van der Waals surface area contributed by atoms with Crippen molar-refractivity contribution in [1.82, 2.24) is 9.78 Å². The summed E-state index contributed by atoms with van der Waals surface area (Å²) < 4.78 is 1.75. The van der Waals surface area contributed by atoms with Gasteiger partial charge in [0.05, 0.1) is 12.1 Å². The van der Waals surface area contributed by atoms with E-state index < -0.39 is 0 Å². The van der Waals surface area contributed by atoms with Crippen LogP contribution in [0.3, 0.4) is 0 Å². The SMILES string of the molecule is C=CC(=O)Cc1cc(CC)nn1C. The lowest BCUT2D eigenvalue weighted by molar-refractivity contribution is -0.114. The summed E-state index contributed by atoms with van der Waals surface area (Å²) in [5, 5.41) is 4.25. The lowest BCUT2D eigenvalue weighted by Crippen LogP contribution is -2.04. The highest BCUT2D eigenvalue weighted by Crippen LogP contribution is 2.05. The molecule has 70 valence electrons. The van der Waals surface area contributed by atoms with Crippen molar-refractivity contribution >= 4 is 5.78 Å². The van der Waals surface area contributed by atoms with Crippen LogP contribution < -0.4 is 0 Å². The molecule has 0 spiro atoms. The minimum atomic E-state index is 0.0330. The van der Waals surface area contributed by atoms with E-state index in [1.165, 1.54) is 6.08 Å². The molecule has 1 aromatic heterocycles. The van der Waals surface area contributed by atoms with Gasteiger partial charge in [-0.25, -0.2) is 0 Å². The highest BCUT2D eigenvalue weighted by atomic mass is 16.1. The first-order valence-corrected chi connectivity index (χ1v) is 4.34. The van der Waals surface area contributed by atoms with Crippen LogP contribution in [0, 0.1) is 0 Å². The Bertz CT molecular complexity index is 326. The maximum absolute atomic E-state index is 11.1. The zero-order valence-corrected chi connectivity index (χ0v) is 8.08. The molecule has 13 heavy (non-hydrogen) atoms. The van der Waals surface area contributed by atoms with E-state index in [0.717, 1.165) is 17.8 Å². The molecule has 3 heteroatoms. The molecule has 0 radical (unpaired) electrons. The van der Waals surface area contributed by atoms with Crippen molar-refractivity contribution in [2.75, 3.05) is 0 Å². The highest BCUT2D eigenvalue weighted by Gasteiger charge is 2.06. The van der Waals surface area contributed by atoms with Gasteiger partial charge in [-0.15, -0.1) is 0 Å². The van der Waals surface area contributed by atoms with Crippen LogP contribution >= 0.6 is 0 Å². The second-order valence-corrected chi connectivity index (χ2v) is 2.95. The number of allylic oxidation sites excluding steroid dienone is 1. The Morgan fingerprint density at radius 3 is 2.92 bits per heavy atom. The number of rotatable bonds is 4. The molecule has 0 aliphatic rings. The minimum Gasteiger partial charge on any atom is -0.294 e. The molecule has 0 N–H and O–H groups in total. The van der Waals surface area contributed by atoms with Crippen molar-refractivity contribution in [3.63, 3.8) is 0 Å². The topological polar surface area (TPSA) is 34.9 Å². The highest BCUT2D eigenvalue weighted by molar-refractivity contribution is 5.90. The van der Waals surface area contributed by atoms with Crippen LogP contribution in [-0.4, -0.2) is 15.6 Å². The summed E-state index contributed by atoms with van der Waals surface area (Å²) in [6.45, 7) is 5.48. The first kappa shape index (κ1) is 9.71. The second kappa shape index (κ2) is 4.03. The number of hydrogen-bond acceptors (Lipinski definition) is 2. The number of ketones is 1. The van der Waals surface area contributed by atoms with Crippen LogP contribution in [0.25, 0.3) is 0 Å². The van der Waals surface area contributed by atoms with E-state index in [2.05, 4.69) is 11.7 Å². The number of aromatic nitrogens is 2. The molecule has 0 bridgehead atoms. The predicted octanol–water partition coefficient (Wildman–Crippen LogP) is 1.28. The van der Waals surface area contributed by atoms with E-state index in [4.69, 9.17) is 0 Å².